The maximum absolute atomic E-state index is 13.5. The van der Waals surface area contributed by atoms with Crippen LogP contribution in [0.2, 0.25) is 0 Å². The van der Waals surface area contributed by atoms with Crippen LogP contribution in [0.15, 0.2) is 41.0 Å². The summed E-state index contributed by atoms with van der Waals surface area (Å²) in [5.74, 6) is -2.64. The summed E-state index contributed by atoms with van der Waals surface area (Å²) >= 11 is 2.95. The van der Waals surface area contributed by atoms with Gasteiger partial charge in [0.15, 0.2) is 0 Å². The molecule has 6 heteroatoms. The Labute approximate surface area is 116 Å². The minimum Gasteiger partial charge on any atom is -0.346 e. The number of aromatic nitrogens is 1. The first kappa shape index (κ1) is 13.6. The minimum absolute atomic E-state index is 0.106. The number of hydrogen-bond donors (Lipinski definition) is 1. The van der Waals surface area contributed by atoms with Crippen LogP contribution in [0.5, 0.6) is 0 Å². The van der Waals surface area contributed by atoms with Crippen molar-refractivity contribution in [2.45, 2.75) is 6.54 Å². The summed E-state index contributed by atoms with van der Waals surface area (Å²) in [4.78, 5) is 15.7. The highest BCUT2D eigenvalue weighted by Gasteiger charge is 2.18. The second kappa shape index (κ2) is 5.88. The number of hydrogen-bond acceptors (Lipinski definition) is 2. The number of carbonyl (C=O) groups excluding carboxylic acids is 1. The molecule has 1 heterocycles. The van der Waals surface area contributed by atoms with E-state index in [0.717, 1.165) is 12.1 Å². The summed E-state index contributed by atoms with van der Waals surface area (Å²) in [6, 6.07) is 7.28. The van der Waals surface area contributed by atoms with Crippen LogP contribution >= 0.6 is 15.9 Å². The quantitative estimate of drug-likeness (QED) is 0.941. The Morgan fingerprint density at radius 1 is 1.26 bits per heavy atom. The van der Waals surface area contributed by atoms with Crippen LogP contribution in [0.25, 0.3) is 0 Å². The number of nitrogens with one attached hydrogen (secondary N) is 1. The molecule has 0 fully saturated rings. The van der Waals surface area contributed by atoms with Gasteiger partial charge in [-0.1, -0.05) is 22.0 Å². The smallest absolute Gasteiger partial charge is 0.257 e. The van der Waals surface area contributed by atoms with Gasteiger partial charge in [-0.2, -0.15) is 0 Å². The molecule has 0 unspecified atom stereocenters. The Bertz CT molecular complexity index is 582. The Morgan fingerprint density at radius 3 is 2.53 bits per heavy atom. The van der Waals surface area contributed by atoms with E-state index in [1.54, 1.807) is 24.4 Å². The molecule has 0 saturated heterocycles. The van der Waals surface area contributed by atoms with Crippen molar-refractivity contribution in [2.24, 2.45) is 0 Å². The average molecular weight is 327 g/mol. The summed E-state index contributed by atoms with van der Waals surface area (Å²) in [6.45, 7) is 0.106. The molecule has 1 N–H and O–H groups in total. The topological polar surface area (TPSA) is 42.0 Å². The number of carbonyl (C=O) groups is 1. The summed E-state index contributed by atoms with van der Waals surface area (Å²) in [5.41, 5.74) is 0.00732. The second-order valence-corrected chi connectivity index (χ2v) is 4.66. The van der Waals surface area contributed by atoms with Gasteiger partial charge in [0.1, 0.15) is 17.2 Å². The third-order valence-corrected chi connectivity index (χ3v) is 2.85. The van der Waals surface area contributed by atoms with E-state index in [4.69, 9.17) is 0 Å². The SMILES string of the molecule is O=C(NCc1ccccn1)c1c(F)cc(Br)cc1F. The Hall–Kier alpha value is -1.82. The first-order valence-corrected chi connectivity index (χ1v) is 6.20. The molecule has 0 aliphatic carbocycles. The van der Waals surface area contributed by atoms with Gasteiger partial charge in [-0.3, -0.25) is 9.78 Å². The van der Waals surface area contributed by atoms with Crippen molar-refractivity contribution in [2.75, 3.05) is 0 Å². The number of rotatable bonds is 3. The van der Waals surface area contributed by atoms with E-state index in [1.807, 2.05) is 0 Å². The Balaban J connectivity index is 2.13. The summed E-state index contributed by atoms with van der Waals surface area (Å²) < 4.78 is 27.3. The number of benzene rings is 1. The fraction of sp³-hybridized carbons (Fsp3) is 0.0769. The first-order valence-electron chi connectivity index (χ1n) is 5.40. The van der Waals surface area contributed by atoms with Crippen molar-refractivity contribution in [3.05, 3.63) is 63.9 Å². The summed E-state index contributed by atoms with van der Waals surface area (Å²) in [6.07, 6.45) is 1.57. The largest absolute Gasteiger partial charge is 0.346 e. The number of amides is 1. The van der Waals surface area contributed by atoms with Gasteiger partial charge >= 0.3 is 0 Å². The van der Waals surface area contributed by atoms with Crippen molar-refractivity contribution in [3.8, 4) is 0 Å². The molecule has 1 aromatic heterocycles. The Kier molecular flexibility index (Phi) is 4.21. The van der Waals surface area contributed by atoms with Crippen LogP contribution in [0.4, 0.5) is 8.78 Å². The maximum atomic E-state index is 13.5. The van der Waals surface area contributed by atoms with Gasteiger partial charge in [0.2, 0.25) is 0 Å². The number of pyridine rings is 1. The lowest BCUT2D eigenvalue weighted by Crippen LogP contribution is -2.25. The average Bonchev–Trinajstić information content (AvgIpc) is 2.36. The minimum atomic E-state index is -0.912. The fourth-order valence-electron chi connectivity index (χ4n) is 1.52. The van der Waals surface area contributed by atoms with E-state index in [0.29, 0.717) is 5.69 Å². The van der Waals surface area contributed by atoms with Gasteiger partial charge in [0, 0.05) is 10.7 Å². The van der Waals surface area contributed by atoms with E-state index < -0.39 is 23.1 Å². The van der Waals surface area contributed by atoms with E-state index in [9.17, 15) is 13.6 Å². The van der Waals surface area contributed by atoms with Crippen LogP contribution in [0.1, 0.15) is 16.1 Å². The number of halogens is 3. The highest BCUT2D eigenvalue weighted by atomic mass is 79.9. The van der Waals surface area contributed by atoms with Gasteiger partial charge in [-0.05, 0) is 24.3 Å². The van der Waals surface area contributed by atoms with Crippen molar-refractivity contribution in [1.29, 1.82) is 0 Å². The standard InChI is InChI=1S/C13H9BrF2N2O/c14-8-5-10(15)12(11(16)6-8)13(19)18-7-9-3-1-2-4-17-9/h1-6H,7H2,(H,18,19). The molecule has 0 bridgehead atoms. The zero-order valence-corrected chi connectivity index (χ0v) is 11.2. The lowest BCUT2D eigenvalue weighted by Gasteiger charge is -2.07. The van der Waals surface area contributed by atoms with Crippen molar-refractivity contribution in [1.82, 2.24) is 10.3 Å². The second-order valence-electron chi connectivity index (χ2n) is 3.75. The molecule has 0 aliphatic rings. The highest BCUT2D eigenvalue weighted by molar-refractivity contribution is 9.10. The summed E-state index contributed by atoms with van der Waals surface area (Å²) in [7, 11) is 0. The Morgan fingerprint density at radius 2 is 1.95 bits per heavy atom. The molecule has 1 amide bonds. The van der Waals surface area contributed by atoms with E-state index in [2.05, 4.69) is 26.2 Å². The predicted molar refractivity (Wildman–Crippen MR) is 69.5 cm³/mol. The zero-order valence-electron chi connectivity index (χ0n) is 9.66. The van der Waals surface area contributed by atoms with E-state index >= 15 is 0 Å². The lowest BCUT2D eigenvalue weighted by molar-refractivity contribution is 0.0942. The molecule has 98 valence electrons. The van der Waals surface area contributed by atoms with Gasteiger partial charge < -0.3 is 5.32 Å². The fourth-order valence-corrected chi connectivity index (χ4v) is 1.92. The van der Waals surface area contributed by atoms with E-state index in [-0.39, 0.29) is 11.0 Å². The monoisotopic (exact) mass is 326 g/mol. The van der Waals surface area contributed by atoms with Crippen LogP contribution in [0, 0.1) is 11.6 Å². The molecule has 1 aromatic carbocycles. The molecule has 0 atom stereocenters. The summed E-state index contributed by atoms with van der Waals surface area (Å²) in [5, 5.41) is 2.42. The van der Waals surface area contributed by atoms with Gasteiger partial charge in [0.25, 0.3) is 5.91 Å². The van der Waals surface area contributed by atoms with E-state index in [1.165, 1.54) is 0 Å². The number of nitrogens with zero attached hydrogens (tertiary/aromatic N) is 1. The maximum Gasteiger partial charge on any atom is 0.257 e. The first-order chi connectivity index (χ1) is 9.08. The molecule has 2 rings (SSSR count). The predicted octanol–water partition coefficient (Wildman–Crippen LogP) is 3.05. The molecule has 0 saturated carbocycles. The van der Waals surface area contributed by atoms with Crippen LogP contribution in [-0.4, -0.2) is 10.9 Å². The third-order valence-electron chi connectivity index (χ3n) is 2.39. The van der Waals surface area contributed by atoms with Crippen LogP contribution < -0.4 is 5.32 Å². The van der Waals surface area contributed by atoms with Crippen molar-refractivity contribution >= 4 is 21.8 Å². The lowest BCUT2D eigenvalue weighted by atomic mass is 10.2. The van der Waals surface area contributed by atoms with Gasteiger partial charge in [-0.15, -0.1) is 0 Å². The molecule has 19 heavy (non-hydrogen) atoms. The third kappa shape index (κ3) is 3.35. The molecule has 2 aromatic rings. The van der Waals surface area contributed by atoms with Crippen LogP contribution in [-0.2, 0) is 6.54 Å². The van der Waals surface area contributed by atoms with Gasteiger partial charge in [-0.25, -0.2) is 8.78 Å². The molecule has 0 radical (unpaired) electrons. The molecule has 0 spiro atoms. The normalized spacial score (nSPS) is 10.3. The van der Waals surface area contributed by atoms with Crippen LogP contribution in [0.3, 0.4) is 0 Å². The van der Waals surface area contributed by atoms with Crippen molar-refractivity contribution < 1.29 is 13.6 Å². The van der Waals surface area contributed by atoms with Gasteiger partial charge in [0.05, 0.1) is 12.2 Å². The highest BCUT2D eigenvalue weighted by Crippen LogP contribution is 2.19. The molecular formula is C13H9BrF2N2O. The molecule has 0 aliphatic heterocycles. The van der Waals surface area contributed by atoms with Crippen molar-refractivity contribution in [3.63, 3.8) is 0 Å². The molecular weight excluding hydrogens is 318 g/mol. The molecule has 3 nitrogen and oxygen atoms in total. The zero-order chi connectivity index (χ0) is 13.8.